The number of nitrogens with zero attached hydrogens (tertiary/aromatic N) is 1. The molecule has 3 heteroatoms. The maximum Gasteiger partial charge on any atom is 0.0642 e. The van der Waals surface area contributed by atoms with Crippen LogP contribution < -0.4 is 4.90 Å². The molecular formula is C11H13NOS. The lowest BCUT2D eigenvalue weighted by Gasteiger charge is -2.28. The lowest BCUT2D eigenvalue weighted by molar-refractivity contribution is 0.122. The smallest absolute Gasteiger partial charge is 0.0642 e. The molecule has 0 unspecified atom stereocenters. The van der Waals surface area contributed by atoms with Crippen LogP contribution in [0, 0.1) is 0 Å². The first kappa shape index (κ1) is 9.62. The normalized spacial score (nSPS) is 16.7. The van der Waals surface area contributed by atoms with Crippen LogP contribution in [0.5, 0.6) is 0 Å². The Morgan fingerprint density at radius 3 is 2.36 bits per heavy atom. The van der Waals surface area contributed by atoms with E-state index in [0.717, 1.165) is 31.9 Å². The van der Waals surface area contributed by atoms with E-state index in [-0.39, 0.29) is 0 Å². The summed E-state index contributed by atoms with van der Waals surface area (Å²) in [5.41, 5.74) is 2.35. The molecule has 0 spiro atoms. The van der Waals surface area contributed by atoms with Crippen molar-refractivity contribution in [1.82, 2.24) is 0 Å². The van der Waals surface area contributed by atoms with Gasteiger partial charge in [0.25, 0.3) is 0 Å². The fourth-order valence-corrected chi connectivity index (χ4v) is 1.74. The van der Waals surface area contributed by atoms with E-state index in [0.29, 0.717) is 0 Å². The summed E-state index contributed by atoms with van der Waals surface area (Å²) in [5, 5.41) is 1.70. The van der Waals surface area contributed by atoms with E-state index in [4.69, 9.17) is 17.0 Å². The van der Waals surface area contributed by atoms with E-state index in [1.807, 2.05) is 0 Å². The van der Waals surface area contributed by atoms with Crippen LogP contribution in [0.25, 0.3) is 0 Å². The summed E-state index contributed by atoms with van der Waals surface area (Å²) in [6.45, 7) is 3.62. The van der Waals surface area contributed by atoms with Crippen molar-refractivity contribution in [3.8, 4) is 0 Å². The number of benzene rings is 1. The monoisotopic (exact) mass is 207 g/mol. The molecule has 0 bridgehead atoms. The van der Waals surface area contributed by atoms with E-state index >= 15 is 0 Å². The maximum absolute atomic E-state index is 5.30. The van der Waals surface area contributed by atoms with Crippen molar-refractivity contribution in [3.63, 3.8) is 0 Å². The van der Waals surface area contributed by atoms with E-state index in [1.54, 1.807) is 5.37 Å². The highest BCUT2D eigenvalue weighted by atomic mass is 32.1. The molecule has 2 rings (SSSR count). The molecule has 0 saturated carbocycles. The van der Waals surface area contributed by atoms with Gasteiger partial charge in [0, 0.05) is 24.1 Å². The first-order valence-electron chi connectivity index (χ1n) is 4.78. The zero-order valence-electron chi connectivity index (χ0n) is 7.98. The molecule has 0 amide bonds. The van der Waals surface area contributed by atoms with Crippen molar-refractivity contribution in [2.75, 3.05) is 31.2 Å². The van der Waals surface area contributed by atoms with Crippen molar-refractivity contribution in [2.24, 2.45) is 0 Å². The number of rotatable bonds is 2. The van der Waals surface area contributed by atoms with Crippen molar-refractivity contribution in [1.29, 1.82) is 0 Å². The molecule has 1 aliphatic heterocycles. The van der Waals surface area contributed by atoms with Crippen molar-refractivity contribution in [2.45, 2.75) is 0 Å². The molecule has 1 saturated heterocycles. The third-order valence-electron chi connectivity index (χ3n) is 2.41. The molecule has 2 nitrogen and oxygen atoms in total. The Balaban J connectivity index is 2.11. The average Bonchev–Trinajstić information content (AvgIpc) is 2.30. The summed E-state index contributed by atoms with van der Waals surface area (Å²) in [7, 11) is 0. The molecule has 0 radical (unpaired) electrons. The second-order valence-electron chi connectivity index (χ2n) is 3.31. The van der Waals surface area contributed by atoms with Crippen LogP contribution in [0.3, 0.4) is 0 Å². The minimum Gasteiger partial charge on any atom is -0.378 e. The Hall–Kier alpha value is -0.930. The molecular weight excluding hydrogens is 194 g/mol. The third kappa shape index (κ3) is 2.11. The SMILES string of the molecule is S=Cc1ccc(N2CCOCC2)cc1. The van der Waals surface area contributed by atoms with Gasteiger partial charge in [-0.2, -0.15) is 0 Å². The van der Waals surface area contributed by atoms with E-state index in [1.165, 1.54) is 5.69 Å². The number of hydrogen-bond donors (Lipinski definition) is 0. The molecule has 0 aromatic heterocycles. The number of morpholine rings is 1. The molecule has 1 aromatic carbocycles. The topological polar surface area (TPSA) is 12.5 Å². The van der Waals surface area contributed by atoms with Crippen molar-refractivity contribution < 1.29 is 4.74 Å². The molecule has 14 heavy (non-hydrogen) atoms. The van der Waals surface area contributed by atoms with Gasteiger partial charge in [0.05, 0.1) is 13.2 Å². The number of thiocarbonyl (C=S) groups is 1. The van der Waals surface area contributed by atoms with E-state index < -0.39 is 0 Å². The van der Waals surface area contributed by atoms with Gasteiger partial charge < -0.3 is 9.64 Å². The van der Waals surface area contributed by atoms with Gasteiger partial charge in [0.2, 0.25) is 0 Å². The number of ether oxygens (including phenoxy) is 1. The molecule has 0 aliphatic carbocycles. The summed E-state index contributed by atoms with van der Waals surface area (Å²) in [5.74, 6) is 0. The highest BCUT2D eigenvalue weighted by Gasteiger charge is 2.10. The van der Waals surface area contributed by atoms with Crippen LogP contribution in [0.1, 0.15) is 5.56 Å². The highest BCUT2D eigenvalue weighted by Crippen LogP contribution is 2.15. The Morgan fingerprint density at radius 1 is 1.14 bits per heavy atom. The molecule has 74 valence electrons. The molecule has 0 N–H and O–H groups in total. The third-order valence-corrected chi connectivity index (χ3v) is 2.68. The van der Waals surface area contributed by atoms with Crippen LogP contribution in [0.4, 0.5) is 5.69 Å². The summed E-state index contributed by atoms with van der Waals surface area (Å²) in [4.78, 5) is 2.33. The van der Waals surface area contributed by atoms with Gasteiger partial charge in [0.1, 0.15) is 0 Å². The lowest BCUT2D eigenvalue weighted by Crippen LogP contribution is -2.36. The molecule has 0 atom stereocenters. The van der Waals surface area contributed by atoms with Gasteiger partial charge in [-0.05, 0) is 17.7 Å². The van der Waals surface area contributed by atoms with Crippen molar-refractivity contribution >= 4 is 23.3 Å². The van der Waals surface area contributed by atoms with E-state index in [2.05, 4.69) is 29.2 Å². The summed E-state index contributed by atoms with van der Waals surface area (Å²) < 4.78 is 5.30. The molecule has 1 heterocycles. The predicted molar refractivity (Wildman–Crippen MR) is 62.2 cm³/mol. The Labute approximate surface area is 89.5 Å². The fourth-order valence-electron chi connectivity index (χ4n) is 1.59. The predicted octanol–water partition coefficient (Wildman–Crippen LogP) is 1.87. The van der Waals surface area contributed by atoms with Crippen LogP contribution >= 0.6 is 12.2 Å². The largest absolute Gasteiger partial charge is 0.378 e. The minimum atomic E-state index is 0.828. The van der Waals surface area contributed by atoms with Crippen LogP contribution in [-0.2, 0) is 4.74 Å². The Kier molecular flexibility index (Phi) is 3.11. The van der Waals surface area contributed by atoms with Gasteiger partial charge >= 0.3 is 0 Å². The second-order valence-corrected chi connectivity index (χ2v) is 3.54. The Morgan fingerprint density at radius 2 is 1.79 bits per heavy atom. The zero-order chi connectivity index (χ0) is 9.80. The first-order valence-corrected chi connectivity index (χ1v) is 5.25. The van der Waals surface area contributed by atoms with Crippen LogP contribution in [-0.4, -0.2) is 31.7 Å². The molecule has 1 aliphatic rings. The lowest BCUT2D eigenvalue weighted by atomic mass is 10.2. The van der Waals surface area contributed by atoms with Gasteiger partial charge in [-0.3, -0.25) is 0 Å². The Bertz CT molecular complexity index is 304. The van der Waals surface area contributed by atoms with Gasteiger partial charge in [-0.15, -0.1) is 0 Å². The maximum atomic E-state index is 5.30. The van der Waals surface area contributed by atoms with Crippen LogP contribution in [0.2, 0.25) is 0 Å². The zero-order valence-corrected chi connectivity index (χ0v) is 8.80. The molecule has 1 fully saturated rings. The average molecular weight is 207 g/mol. The van der Waals surface area contributed by atoms with Crippen LogP contribution in [0.15, 0.2) is 24.3 Å². The second kappa shape index (κ2) is 4.53. The standard InChI is InChI=1S/C11H13NOS/c14-9-10-1-3-11(4-2-10)12-5-7-13-8-6-12/h1-4,9H,5-8H2. The fraction of sp³-hybridized carbons (Fsp3) is 0.364. The highest BCUT2D eigenvalue weighted by molar-refractivity contribution is 7.79. The summed E-state index contributed by atoms with van der Waals surface area (Å²) in [6, 6.07) is 8.34. The van der Waals surface area contributed by atoms with Gasteiger partial charge in [-0.1, -0.05) is 24.4 Å². The van der Waals surface area contributed by atoms with Gasteiger partial charge in [0.15, 0.2) is 0 Å². The number of hydrogen-bond acceptors (Lipinski definition) is 3. The summed E-state index contributed by atoms with van der Waals surface area (Å²) >= 11 is 4.86. The quantitative estimate of drug-likeness (QED) is 0.687. The molecule has 1 aromatic rings. The summed E-state index contributed by atoms with van der Waals surface area (Å²) in [6.07, 6.45) is 0. The number of anilines is 1. The van der Waals surface area contributed by atoms with Gasteiger partial charge in [-0.25, -0.2) is 0 Å². The van der Waals surface area contributed by atoms with E-state index in [9.17, 15) is 0 Å². The van der Waals surface area contributed by atoms with Crippen molar-refractivity contribution in [3.05, 3.63) is 29.8 Å². The minimum absolute atomic E-state index is 0.828. The first-order chi connectivity index (χ1) is 6.90.